The van der Waals surface area contributed by atoms with Crippen molar-refractivity contribution in [2.24, 2.45) is 0 Å². The number of halogens is 1. The predicted molar refractivity (Wildman–Crippen MR) is 94.4 cm³/mol. The van der Waals surface area contributed by atoms with E-state index in [1.54, 1.807) is 29.1 Å². The zero-order chi connectivity index (χ0) is 17.9. The molecule has 0 N–H and O–H groups in total. The van der Waals surface area contributed by atoms with Crippen LogP contribution in [0.3, 0.4) is 0 Å². The predicted octanol–water partition coefficient (Wildman–Crippen LogP) is 3.05. The fourth-order valence-corrected chi connectivity index (χ4v) is 3.02. The fourth-order valence-electron chi connectivity index (χ4n) is 3.02. The molecule has 1 fully saturated rings. The number of ether oxygens (including phenoxy) is 1. The molecule has 0 unspecified atom stereocenters. The normalized spacial score (nSPS) is 14.8. The largest absolute Gasteiger partial charge is 0.455 e. The number of nitrogens with zero attached hydrogens (tertiary/aromatic N) is 3. The van der Waals surface area contributed by atoms with Crippen LogP contribution in [0.4, 0.5) is 4.39 Å². The summed E-state index contributed by atoms with van der Waals surface area (Å²) in [6.07, 6.45) is 1.45. The lowest BCUT2D eigenvalue weighted by atomic mass is 10.1. The number of carbonyl (C=O) groups excluding carboxylic acids is 1. The Kier molecular flexibility index (Phi) is 4.50. The highest BCUT2D eigenvalue weighted by Gasteiger charge is 2.31. The smallest absolute Gasteiger partial charge is 0.357 e. The summed E-state index contributed by atoms with van der Waals surface area (Å²) in [5.74, 6) is -0.614. The Morgan fingerprint density at radius 3 is 2.54 bits per heavy atom. The van der Waals surface area contributed by atoms with Crippen molar-refractivity contribution in [2.75, 3.05) is 13.1 Å². The van der Waals surface area contributed by atoms with E-state index in [-0.39, 0.29) is 17.9 Å². The van der Waals surface area contributed by atoms with Crippen LogP contribution in [0.2, 0.25) is 0 Å². The van der Waals surface area contributed by atoms with Crippen molar-refractivity contribution < 1.29 is 13.9 Å². The number of para-hydroxylation sites is 1. The Hall–Kier alpha value is -2.99. The van der Waals surface area contributed by atoms with Crippen molar-refractivity contribution in [2.45, 2.75) is 12.6 Å². The summed E-state index contributed by atoms with van der Waals surface area (Å²) in [5.41, 5.74) is 2.27. The van der Waals surface area contributed by atoms with E-state index < -0.39 is 0 Å². The van der Waals surface area contributed by atoms with Crippen LogP contribution in [0, 0.1) is 5.82 Å². The summed E-state index contributed by atoms with van der Waals surface area (Å²) in [4.78, 5) is 14.6. The van der Waals surface area contributed by atoms with Gasteiger partial charge in [-0.25, -0.2) is 13.9 Å². The molecule has 1 aromatic heterocycles. The number of rotatable bonds is 5. The third-order valence-corrected chi connectivity index (χ3v) is 4.37. The van der Waals surface area contributed by atoms with Crippen molar-refractivity contribution in [3.8, 4) is 5.69 Å². The van der Waals surface area contributed by atoms with Gasteiger partial charge in [0.25, 0.3) is 0 Å². The molecule has 0 saturated carbocycles. The first kappa shape index (κ1) is 16.5. The Morgan fingerprint density at radius 2 is 1.81 bits per heavy atom. The SMILES string of the molecule is O=C(OC1CN(Cc2ccc(F)cc2)C1)c1ccnn1-c1ccccc1. The zero-order valence-electron chi connectivity index (χ0n) is 14.1. The van der Waals surface area contributed by atoms with Crippen molar-refractivity contribution >= 4 is 5.97 Å². The minimum Gasteiger partial charge on any atom is -0.455 e. The van der Waals surface area contributed by atoms with Gasteiger partial charge in [-0.2, -0.15) is 5.10 Å². The van der Waals surface area contributed by atoms with E-state index in [0.717, 1.165) is 17.8 Å². The zero-order valence-corrected chi connectivity index (χ0v) is 14.1. The van der Waals surface area contributed by atoms with E-state index in [4.69, 9.17) is 4.74 Å². The highest BCUT2D eigenvalue weighted by atomic mass is 19.1. The summed E-state index contributed by atoms with van der Waals surface area (Å²) < 4.78 is 20.1. The van der Waals surface area contributed by atoms with Gasteiger partial charge < -0.3 is 4.74 Å². The van der Waals surface area contributed by atoms with E-state index in [1.165, 1.54) is 12.1 Å². The molecule has 0 aliphatic carbocycles. The Balaban J connectivity index is 1.33. The van der Waals surface area contributed by atoms with Gasteiger partial charge in [0.05, 0.1) is 11.9 Å². The lowest BCUT2D eigenvalue weighted by Crippen LogP contribution is -2.52. The van der Waals surface area contributed by atoms with E-state index in [0.29, 0.717) is 18.8 Å². The standard InChI is InChI=1S/C20H18FN3O2/c21-16-8-6-15(7-9-16)12-23-13-18(14-23)26-20(25)19-10-11-22-24(19)17-4-2-1-3-5-17/h1-11,18H,12-14H2. The van der Waals surface area contributed by atoms with Gasteiger partial charge in [-0.05, 0) is 35.9 Å². The summed E-state index contributed by atoms with van der Waals surface area (Å²) in [6, 6.07) is 17.6. The summed E-state index contributed by atoms with van der Waals surface area (Å²) in [6.45, 7) is 2.06. The van der Waals surface area contributed by atoms with Gasteiger partial charge in [0.1, 0.15) is 11.9 Å². The fraction of sp³-hybridized carbons (Fsp3) is 0.200. The lowest BCUT2D eigenvalue weighted by Gasteiger charge is -2.38. The van der Waals surface area contributed by atoms with Gasteiger partial charge in [0.15, 0.2) is 5.69 Å². The molecule has 0 bridgehead atoms. The molecule has 1 aliphatic heterocycles. The molecule has 1 saturated heterocycles. The molecule has 5 nitrogen and oxygen atoms in total. The summed E-state index contributed by atoms with van der Waals surface area (Å²) >= 11 is 0. The molecule has 1 aliphatic rings. The van der Waals surface area contributed by atoms with Gasteiger partial charge in [-0.1, -0.05) is 30.3 Å². The third-order valence-electron chi connectivity index (χ3n) is 4.37. The van der Waals surface area contributed by atoms with Crippen molar-refractivity contribution in [3.63, 3.8) is 0 Å². The molecule has 0 amide bonds. The average Bonchev–Trinajstić information content (AvgIpc) is 3.12. The number of benzene rings is 2. The van der Waals surface area contributed by atoms with E-state index >= 15 is 0 Å². The molecule has 0 atom stereocenters. The molecule has 2 aromatic carbocycles. The maximum atomic E-state index is 12.9. The quantitative estimate of drug-likeness (QED) is 0.663. The number of aromatic nitrogens is 2. The van der Waals surface area contributed by atoms with Crippen LogP contribution in [0.5, 0.6) is 0 Å². The van der Waals surface area contributed by atoms with Gasteiger partial charge in [0.2, 0.25) is 0 Å². The van der Waals surface area contributed by atoms with Crippen LogP contribution in [-0.2, 0) is 11.3 Å². The van der Waals surface area contributed by atoms with Crippen LogP contribution >= 0.6 is 0 Å². The lowest BCUT2D eigenvalue weighted by molar-refractivity contribution is -0.0344. The highest BCUT2D eigenvalue weighted by Crippen LogP contribution is 2.18. The van der Waals surface area contributed by atoms with Crippen molar-refractivity contribution in [1.29, 1.82) is 0 Å². The number of carbonyl (C=O) groups is 1. The molecule has 132 valence electrons. The number of hydrogen-bond donors (Lipinski definition) is 0. The van der Waals surface area contributed by atoms with Crippen LogP contribution in [0.15, 0.2) is 66.9 Å². The molecule has 0 spiro atoms. The van der Waals surface area contributed by atoms with E-state index in [1.807, 2.05) is 30.3 Å². The summed E-state index contributed by atoms with van der Waals surface area (Å²) in [7, 11) is 0. The van der Waals surface area contributed by atoms with Crippen LogP contribution in [-0.4, -0.2) is 39.8 Å². The van der Waals surface area contributed by atoms with Gasteiger partial charge in [0, 0.05) is 19.6 Å². The third kappa shape index (κ3) is 3.50. The highest BCUT2D eigenvalue weighted by molar-refractivity contribution is 5.88. The molecular formula is C20H18FN3O2. The Morgan fingerprint density at radius 1 is 1.08 bits per heavy atom. The van der Waals surface area contributed by atoms with Crippen LogP contribution < -0.4 is 0 Å². The molecule has 0 radical (unpaired) electrons. The van der Waals surface area contributed by atoms with Crippen LogP contribution in [0.1, 0.15) is 16.1 Å². The number of likely N-dealkylation sites (tertiary alicyclic amines) is 1. The second-order valence-electron chi connectivity index (χ2n) is 6.31. The van der Waals surface area contributed by atoms with Crippen LogP contribution in [0.25, 0.3) is 5.69 Å². The Bertz CT molecular complexity index is 887. The minimum atomic E-state index is -0.377. The molecule has 26 heavy (non-hydrogen) atoms. The van der Waals surface area contributed by atoms with E-state index in [2.05, 4.69) is 10.00 Å². The topological polar surface area (TPSA) is 47.4 Å². The first-order valence-electron chi connectivity index (χ1n) is 8.46. The van der Waals surface area contributed by atoms with Crippen molar-refractivity contribution in [1.82, 2.24) is 14.7 Å². The number of esters is 1. The molecule has 2 heterocycles. The monoisotopic (exact) mass is 351 g/mol. The maximum Gasteiger partial charge on any atom is 0.357 e. The van der Waals surface area contributed by atoms with Gasteiger partial charge in [-0.15, -0.1) is 0 Å². The summed E-state index contributed by atoms with van der Waals surface area (Å²) in [5, 5.41) is 4.21. The second kappa shape index (κ2) is 7.09. The van der Waals surface area contributed by atoms with Gasteiger partial charge >= 0.3 is 5.97 Å². The Labute approximate surface area is 150 Å². The first-order valence-corrected chi connectivity index (χ1v) is 8.46. The first-order chi connectivity index (χ1) is 12.7. The maximum absolute atomic E-state index is 12.9. The van der Waals surface area contributed by atoms with Gasteiger partial charge in [-0.3, -0.25) is 4.90 Å². The average molecular weight is 351 g/mol. The molecule has 6 heteroatoms. The minimum absolute atomic E-state index is 0.137. The second-order valence-corrected chi connectivity index (χ2v) is 6.31. The number of hydrogen-bond acceptors (Lipinski definition) is 4. The molecule has 4 rings (SSSR count). The van der Waals surface area contributed by atoms with Crippen molar-refractivity contribution in [3.05, 3.63) is 83.9 Å². The molecular weight excluding hydrogens is 333 g/mol. The van der Waals surface area contributed by atoms with E-state index in [9.17, 15) is 9.18 Å². The molecule has 3 aromatic rings.